The molecule has 1 saturated heterocycles. The Morgan fingerprint density at radius 3 is 2.02 bits per heavy atom. The minimum Gasteiger partial charge on any atom is -0.372 e. The maximum absolute atomic E-state index is 13.5. The van der Waals surface area contributed by atoms with Gasteiger partial charge in [-0.05, 0) is 77.4 Å². The summed E-state index contributed by atoms with van der Waals surface area (Å²) in [4.78, 5) is 29.3. The molecule has 44 heavy (non-hydrogen) atoms. The Balaban J connectivity index is 1.10. The third-order valence-corrected chi connectivity index (χ3v) is 8.79. The van der Waals surface area contributed by atoms with Crippen LogP contribution in [0.25, 0.3) is 11.1 Å². The summed E-state index contributed by atoms with van der Waals surface area (Å²) in [5.74, 6) is 0.176. The summed E-state index contributed by atoms with van der Waals surface area (Å²) < 4.78 is 0. The molecule has 1 fully saturated rings. The molecule has 5 heteroatoms. The second-order valence-electron chi connectivity index (χ2n) is 11.4. The average Bonchev–Trinajstić information content (AvgIpc) is 3.07. The third kappa shape index (κ3) is 6.93. The monoisotopic (exact) mass is 598 g/mol. The van der Waals surface area contributed by atoms with Gasteiger partial charge in [0.05, 0.1) is 5.92 Å². The normalized spacial score (nSPS) is 14.2. The van der Waals surface area contributed by atoms with E-state index in [2.05, 4.69) is 46.6 Å². The molecule has 0 bridgehead atoms. The number of halogens is 1. The van der Waals surface area contributed by atoms with E-state index in [9.17, 15) is 9.59 Å². The summed E-state index contributed by atoms with van der Waals surface area (Å²) in [7, 11) is 0. The molecule has 4 nitrogen and oxygen atoms in total. The molecule has 0 aliphatic carbocycles. The number of anilines is 2. The molecule has 0 spiro atoms. The summed E-state index contributed by atoms with van der Waals surface area (Å²) in [6, 6.07) is 43.5. The molecule has 0 radical (unpaired) electrons. The van der Waals surface area contributed by atoms with E-state index < -0.39 is 0 Å². The van der Waals surface area contributed by atoms with Gasteiger partial charge in [-0.1, -0.05) is 109 Å². The van der Waals surface area contributed by atoms with Crippen LogP contribution in [0, 0.1) is 5.92 Å². The van der Waals surface area contributed by atoms with Crippen molar-refractivity contribution >= 4 is 34.7 Å². The van der Waals surface area contributed by atoms with Crippen molar-refractivity contribution < 1.29 is 9.59 Å². The van der Waals surface area contributed by atoms with Crippen molar-refractivity contribution in [2.45, 2.75) is 25.2 Å². The van der Waals surface area contributed by atoms with Gasteiger partial charge < -0.3 is 10.2 Å². The number of carbonyl (C=O) groups is 2. The van der Waals surface area contributed by atoms with Gasteiger partial charge in [-0.2, -0.15) is 0 Å². The van der Waals surface area contributed by atoms with E-state index in [-0.39, 0.29) is 23.5 Å². The number of benzene rings is 5. The van der Waals surface area contributed by atoms with E-state index in [0.29, 0.717) is 17.0 Å². The zero-order chi connectivity index (χ0) is 30.3. The van der Waals surface area contributed by atoms with E-state index in [0.717, 1.165) is 59.6 Å². The number of amides is 1. The van der Waals surface area contributed by atoms with Crippen LogP contribution in [-0.4, -0.2) is 24.8 Å². The van der Waals surface area contributed by atoms with Gasteiger partial charge in [0.15, 0.2) is 5.78 Å². The highest BCUT2D eigenvalue weighted by molar-refractivity contribution is 6.30. The highest BCUT2D eigenvalue weighted by Gasteiger charge is 2.33. The molecule has 220 valence electrons. The highest BCUT2D eigenvalue weighted by atomic mass is 35.5. The molecule has 1 unspecified atom stereocenters. The predicted molar refractivity (Wildman–Crippen MR) is 181 cm³/mol. The Morgan fingerprint density at radius 2 is 1.34 bits per heavy atom. The molecular weight excluding hydrogens is 564 g/mol. The Bertz CT molecular complexity index is 1700. The number of hydrogen-bond donors (Lipinski definition) is 1. The third-order valence-electron chi connectivity index (χ3n) is 8.54. The zero-order valence-corrected chi connectivity index (χ0v) is 25.3. The maximum Gasteiger partial charge on any atom is 0.232 e. The van der Waals surface area contributed by atoms with Crippen LogP contribution in [0.1, 0.15) is 40.2 Å². The molecule has 5 aromatic carbocycles. The van der Waals surface area contributed by atoms with Crippen molar-refractivity contribution in [3.63, 3.8) is 0 Å². The first-order valence-corrected chi connectivity index (χ1v) is 15.6. The summed E-state index contributed by atoms with van der Waals surface area (Å²) in [6.45, 7) is 1.75. The quantitative estimate of drug-likeness (QED) is 0.172. The molecule has 1 amide bonds. The minimum absolute atomic E-state index is 0.0486. The van der Waals surface area contributed by atoms with Gasteiger partial charge in [-0.15, -0.1) is 0 Å². The smallest absolute Gasteiger partial charge is 0.232 e. The first-order valence-electron chi connectivity index (χ1n) is 15.2. The Labute approximate surface area is 264 Å². The van der Waals surface area contributed by atoms with Crippen molar-refractivity contribution in [2.24, 2.45) is 5.92 Å². The lowest BCUT2D eigenvalue weighted by Crippen LogP contribution is -2.38. The summed E-state index contributed by atoms with van der Waals surface area (Å²) in [5, 5.41) is 3.82. The molecule has 0 saturated carbocycles. The van der Waals surface area contributed by atoms with Gasteiger partial charge in [0, 0.05) is 41.5 Å². The summed E-state index contributed by atoms with van der Waals surface area (Å²) in [6.07, 6.45) is 2.18. The van der Waals surface area contributed by atoms with Crippen LogP contribution < -0.4 is 10.2 Å². The molecule has 1 heterocycles. The number of Topliss-reactive ketones (excluding diaryl/α,β-unsaturated/α-hetero) is 1. The fourth-order valence-corrected chi connectivity index (χ4v) is 6.37. The van der Waals surface area contributed by atoms with Crippen LogP contribution >= 0.6 is 11.6 Å². The first-order chi connectivity index (χ1) is 21.5. The minimum atomic E-state index is -0.206. The predicted octanol–water partition coefficient (Wildman–Crippen LogP) is 9.07. The van der Waals surface area contributed by atoms with Gasteiger partial charge >= 0.3 is 0 Å². The largest absolute Gasteiger partial charge is 0.372 e. The summed E-state index contributed by atoms with van der Waals surface area (Å²) >= 11 is 6.08. The van der Waals surface area contributed by atoms with Crippen molar-refractivity contribution in [3.05, 3.63) is 155 Å². The number of para-hydroxylation sites is 1. The van der Waals surface area contributed by atoms with E-state index in [1.807, 2.05) is 97.1 Å². The number of nitrogens with one attached hydrogen (secondary N) is 1. The Morgan fingerprint density at radius 1 is 0.727 bits per heavy atom. The van der Waals surface area contributed by atoms with Crippen LogP contribution in [-0.2, 0) is 11.2 Å². The molecule has 1 aliphatic heterocycles. The topological polar surface area (TPSA) is 49.4 Å². The highest BCUT2D eigenvalue weighted by Crippen LogP contribution is 2.35. The first kappa shape index (κ1) is 29.4. The molecule has 1 aliphatic rings. The number of ketones is 1. The second-order valence-corrected chi connectivity index (χ2v) is 11.8. The zero-order valence-electron chi connectivity index (χ0n) is 24.5. The van der Waals surface area contributed by atoms with Crippen LogP contribution in [0.15, 0.2) is 133 Å². The van der Waals surface area contributed by atoms with E-state index >= 15 is 0 Å². The van der Waals surface area contributed by atoms with Crippen molar-refractivity contribution in [3.8, 4) is 11.1 Å². The lowest BCUT2D eigenvalue weighted by molar-refractivity contribution is -0.118. The average molecular weight is 599 g/mol. The van der Waals surface area contributed by atoms with Gasteiger partial charge in [0.2, 0.25) is 5.91 Å². The van der Waals surface area contributed by atoms with Crippen LogP contribution in [0.3, 0.4) is 0 Å². The number of hydrogen-bond acceptors (Lipinski definition) is 3. The number of carbonyl (C=O) groups excluding carboxylic acids is 2. The number of nitrogens with zero attached hydrogens (tertiary/aromatic N) is 1. The lowest BCUT2D eigenvalue weighted by atomic mass is 9.79. The van der Waals surface area contributed by atoms with Crippen molar-refractivity contribution in [1.29, 1.82) is 0 Å². The van der Waals surface area contributed by atoms with Gasteiger partial charge in [-0.25, -0.2) is 0 Å². The lowest BCUT2D eigenvalue weighted by Gasteiger charge is -2.37. The molecular formula is C39H35ClN2O2. The number of piperidine rings is 1. The molecule has 1 N–H and O–H groups in total. The molecule has 0 aromatic heterocycles. The van der Waals surface area contributed by atoms with Crippen molar-refractivity contribution in [2.75, 3.05) is 23.3 Å². The summed E-state index contributed by atoms with van der Waals surface area (Å²) in [5.41, 5.74) is 6.62. The van der Waals surface area contributed by atoms with Crippen LogP contribution in [0.5, 0.6) is 0 Å². The van der Waals surface area contributed by atoms with E-state index in [1.54, 1.807) is 0 Å². The fraction of sp³-hybridized carbons (Fsp3) is 0.179. The van der Waals surface area contributed by atoms with Gasteiger partial charge in [-0.3, -0.25) is 9.59 Å². The standard InChI is InChI=1S/C39H35ClN2O2/c40-32-19-17-29(18-20-32)35-13-7-8-14-36(35)37(43)27-28-15-21-34(22-16-28)42-25-23-31(24-26-42)38(30-9-3-1-4-10-30)39(44)41-33-11-5-2-6-12-33/h1-22,31,38H,23-27H2,(H,41,44). The maximum atomic E-state index is 13.5. The van der Waals surface area contributed by atoms with Crippen molar-refractivity contribution in [1.82, 2.24) is 0 Å². The molecule has 6 rings (SSSR count). The van der Waals surface area contributed by atoms with E-state index in [4.69, 9.17) is 11.6 Å². The number of rotatable bonds is 9. The van der Waals surface area contributed by atoms with Gasteiger partial charge in [0.25, 0.3) is 0 Å². The molecule has 1 atom stereocenters. The molecule has 5 aromatic rings. The Hall–Kier alpha value is -4.67. The second kappa shape index (κ2) is 13.7. The van der Waals surface area contributed by atoms with Crippen LogP contribution in [0.4, 0.5) is 11.4 Å². The SMILES string of the molecule is O=C(Cc1ccc(N2CCC(C(C(=O)Nc3ccccc3)c3ccccc3)CC2)cc1)c1ccccc1-c1ccc(Cl)cc1. The van der Waals surface area contributed by atoms with Crippen LogP contribution in [0.2, 0.25) is 5.02 Å². The van der Waals surface area contributed by atoms with E-state index in [1.165, 1.54) is 0 Å². The fourth-order valence-electron chi connectivity index (χ4n) is 6.24. The Kier molecular flexibility index (Phi) is 9.19. The van der Waals surface area contributed by atoms with Gasteiger partial charge in [0.1, 0.15) is 0 Å².